The zero-order valence-corrected chi connectivity index (χ0v) is 65.2. The van der Waals surface area contributed by atoms with Gasteiger partial charge in [-0.3, -0.25) is 18.6 Å². The maximum Gasteiger partial charge on any atom is 0.472 e. The van der Waals surface area contributed by atoms with Gasteiger partial charge in [0.1, 0.15) is 6.61 Å². The minimum Gasteiger partial charge on any atom is -0.462 e. The second-order valence-electron chi connectivity index (χ2n) is 28.0. The van der Waals surface area contributed by atoms with Crippen molar-refractivity contribution in [2.24, 2.45) is 5.73 Å². The van der Waals surface area contributed by atoms with E-state index >= 15 is 0 Å². The van der Waals surface area contributed by atoms with Gasteiger partial charge in [-0.05, 0) is 83.5 Å². The van der Waals surface area contributed by atoms with E-state index in [0.717, 1.165) is 96.3 Å². The molecule has 0 saturated carbocycles. The third kappa shape index (κ3) is 81.6. The lowest BCUT2D eigenvalue weighted by atomic mass is 10.0. The van der Waals surface area contributed by atoms with Crippen molar-refractivity contribution in [1.82, 2.24) is 0 Å². The molecule has 2 unspecified atom stereocenters. The van der Waals surface area contributed by atoms with Crippen LogP contribution < -0.4 is 5.73 Å². The van der Waals surface area contributed by atoms with Gasteiger partial charge in [-0.2, -0.15) is 0 Å². The third-order valence-electron chi connectivity index (χ3n) is 18.4. The molecule has 0 amide bonds. The van der Waals surface area contributed by atoms with E-state index in [9.17, 15) is 19.0 Å². The molecular formula is C88H158NO8P. The van der Waals surface area contributed by atoms with E-state index in [0.29, 0.717) is 6.42 Å². The lowest BCUT2D eigenvalue weighted by molar-refractivity contribution is -0.161. The number of nitrogens with two attached hydrogens (primary N) is 1. The second-order valence-corrected chi connectivity index (χ2v) is 29.4. The number of allylic oxidation sites excluding steroid dienone is 18. The average Bonchev–Trinajstić information content (AvgIpc) is 1.36. The van der Waals surface area contributed by atoms with Gasteiger partial charge in [0, 0.05) is 19.4 Å². The van der Waals surface area contributed by atoms with Crippen molar-refractivity contribution in [2.45, 2.75) is 412 Å². The van der Waals surface area contributed by atoms with Crippen LogP contribution in [0, 0.1) is 0 Å². The molecule has 0 aliphatic carbocycles. The molecule has 0 spiro atoms. The van der Waals surface area contributed by atoms with Crippen LogP contribution in [0.25, 0.3) is 0 Å². The van der Waals surface area contributed by atoms with Gasteiger partial charge in [0.05, 0.1) is 13.2 Å². The molecular weight excluding hydrogens is 1230 g/mol. The minimum atomic E-state index is -4.40. The van der Waals surface area contributed by atoms with E-state index in [1.807, 2.05) is 0 Å². The molecule has 0 heterocycles. The summed E-state index contributed by atoms with van der Waals surface area (Å²) < 4.78 is 33.3. The summed E-state index contributed by atoms with van der Waals surface area (Å²) in [6.45, 7) is 3.69. The van der Waals surface area contributed by atoms with Crippen molar-refractivity contribution in [2.75, 3.05) is 26.4 Å². The van der Waals surface area contributed by atoms with Crippen LogP contribution in [0.5, 0.6) is 0 Å². The fourth-order valence-corrected chi connectivity index (χ4v) is 13.0. The zero-order chi connectivity index (χ0) is 70.8. The molecule has 0 aliphatic heterocycles. The first-order chi connectivity index (χ1) is 48.3. The largest absolute Gasteiger partial charge is 0.472 e. The van der Waals surface area contributed by atoms with Crippen molar-refractivity contribution in [3.05, 3.63) is 109 Å². The highest BCUT2D eigenvalue weighted by atomic mass is 31.2. The van der Waals surface area contributed by atoms with Crippen molar-refractivity contribution < 1.29 is 37.6 Å². The topological polar surface area (TPSA) is 134 Å². The number of unbranched alkanes of at least 4 members (excludes halogenated alkanes) is 48. The van der Waals surface area contributed by atoms with Crippen molar-refractivity contribution in [3.8, 4) is 0 Å². The Morgan fingerprint density at radius 3 is 0.837 bits per heavy atom. The predicted octanol–water partition coefficient (Wildman–Crippen LogP) is 28.4. The van der Waals surface area contributed by atoms with Gasteiger partial charge in [-0.25, -0.2) is 4.57 Å². The zero-order valence-electron chi connectivity index (χ0n) is 64.3. The van der Waals surface area contributed by atoms with E-state index in [1.54, 1.807) is 0 Å². The lowest BCUT2D eigenvalue weighted by Gasteiger charge is -2.19. The second kappa shape index (κ2) is 82.6. The Bertz CT molecular complexity index is 1980. The van der Waals surface area contributed by atoms with Gasteiger partial charge in [-0.15, -0.1) is 0 Å². The summed E-state index contributed by atoms with van der Waals surface area (Å²) >= 11 is 0. The standard InChI is InChI=1S/C88H158NO8P/c1-3-5-7-9-11-13-15-17-19-21-23-25-27-29-31-33-35-37-39-41-42-43-44-45-47-49-51-53-55-57-59-61-63-65-67-69-71-73-75-77-79-81-88(91)97-86(85-96-98(92,93)95-83-82-89)84-94-87(90)80-78-76-74-72-70-68-66-64-62-60-58-56-54-52-50-48-46-40-38-36-34-32-30-28-26-24-22-20-18-16-14-12-10-8-6-4-2/h5,7,11,13,17,19,23,25,29,31,35,37,41-42,44-45,49,51,86H,3-4,6,8-10,12,14-16,18,20-22,24,26-28,30,32-34,36,38-40,43,46-48,50,52-85,89H2,1-2H3,(H,92,93)/b7-5-,13-11-,19-17-,25-23-,31-29-,37-35-,42-41-,45-44-,51-49-. The molecule has 9 nitrogen and oxygen atoms in total. The first-order valence-corrected chi connectivity index (χ1v) is 43.4. The summed E-state index contributed by atoms with van der Waals surface area (Å²) in [5.74, 6) is -0.814. The average molecular weight is 1390 g/mol. The number of carbonyl (C=O) groups excluding carboxylic acids is 2. The van der Waals surface area contributed by atoms with Gasteiger partial charge in [0.2, 0.25) is 0 Å². The predicted molar refractivity (Wildman–Crippen MR) is 427 cm³/mol. The molecule has 0 radical (unpaired) electrons. The van der Waals surface area contributed by atoms with Crippen LogP contribution in [0.3, 0.4) is 0 Å². The monoisotopic (exact) mass is 1390 g/mol. The SMILES string of the molecule is CC/C=C\C/C=C\C/C=C\C/C=C\C/C=C\C/C=C\C/C=C\C/C=C\C/C=C\CCCCCCCCCCCCCCCC(=O)OC(COC(=O)CCCCCCCCCCCCCCCCCCCCCCCCCCCCCCCCCCCCCC)COP(=O)(O)OCCN. The molecule has 0 aromatic heterocycles. The van der Waals surface area contributed by atoms with E-state index < -0.39 is 26.5 Å². The fraction of sp³-hybridized carbons (Fsp3) is 0.773. The number of hydrogen-bond acceptors (Lipinski definition) is 8. The van der Waals surface area contributed by atoms with Crippen LogP contribution in [0.15, 0.2) is 109 Å². The number of carbonyl (C=O) groups is 2. The van der Waals surface area contributed by atoms with Crippen molar-refractivity contribution >= 4 is 19.8 Å². The van der Waals surface area contributed by atoms with Crippen LogP contribution in [-0.2, 0) is 32.7 Å². The molecule has 10 heteroatoms. The van der Waals surface area contributed by atoms with Crippen molar-refractivity contribution in [1.29, 1.82) is 0 Å². The van der Waals surface area contributed by atoms with Gasteiger partial charge >= 0.3 is 19.8 Å². The van der Waals surface area contributed by atoms with E-state index in [1.165, 1.54) is 276 Å². The first-order valence-electron chi connectivity index (χ1n) is 41.9. The molecule has 0 saturated heterocycles. The highest BCUT2D eigenvalue weighted by Crippen LogP contribution is 2.43. The van der Waals surface area contributed by atoms with Crippen LogP contribution in [0.4, 0.5) is 0 Å². The molecule has 0 bridgehead atoms. The normalized spacial score (nSPS) is 13.4. The molecule has 0 rings (SSSR count). The van der Waals surface area contributed by atoms with Crippen LogP contribution >= 0.6 is 7.82 Å². The molecule has 0 fully saturated rings. The van der Waals surface area contributed by atoms with Gasteiger partial charge < -0.3 is 20.1 Å². The number of ether oxygens (including phenoxy) is 2. The fourth-order valence-electron chi connectivity index (χ4n) is 12.3. The Morgan fingerprint density at radius 2 is 0.561 bits per heavy atom. The van der Waals surface area contributed by atoms with Crippen molar-refractivity contribution in [3.63, 3.8) is 0 Å². The van der Waals surface area contributed by atoms with E-state index in [2.05, 4.69) is 123 Å². The van der Waals surface area contributed by atoms with Crippen LogP contribution in [-0.4, -0.2) is 49.3 Å². The van der Waals surface area contributed by atoms with Crippen LogP contribution in [0.2, 0.25) is 0 Å². The Morgan fingerprint density at radius 1 is 0.316 bits per heavy atom. The Hall–Kier alpha value is -3.33. The highest BCUT2D eigenvalue weighted by Gasteiger charge is 2.26. The lowest BCUT2D eigenvalue weighted by Crippen LogP contribution is -2.29. The van der Waals surface area contributed by atoms with Gasteiger partial charge in [0.15, 0.2) is 6.10 Å². The summed E-state index contributed by atoms with van der Waals surface area (Å²) in [4.78, 5) is 35.5. The number of hydrogen-bond donors (Lipinski definition) is 2. The quantitative estimate of drug-likeness (QED) is 0.0264. The smallest absolute Gasteiger partial charge is 0.462 e. The molecule has 98 heavy (non-hydrogen) atoms. The highest BCUT2D eigenvalue weighted by molar-refractivity contribution is 7.47. The van der Waals surface area contributed by atoms with E-state index in [-0.39, 0.29) is 38.6 Å². The van der Waals surface area contributed by atoms with E-state index in [4.69, 9.17) is 24.3 Å². The third-order valence-corrected chi connectivity index (χ3v) is 19.4. The summed E-state index contributed by atoms with van der Waals surface area (Å²) in [5, 5.41) is 0. The molecule has 0 aromatic rings. The number of phosphoric acid groups is 1. The summed E-state index contributed by atoms with van der Waals surface area (Å²) in [5.41, 5.74) is 5.42. The maximum atomic E-state index is 12.8. The number of rotatable bonds is 79. The maximum absolute atomic E-state index is 12.8. The van der Waals surface area contributed by atoms with Gasteiger partial charge in [0.25, 0.3) is 0 Å². The molecule has 568 valence electrons. The summed E-state index contributed by atoms with van der Waals surface area (Å²) in [6, 6.07) is 0. The molecule has 2 atom stereocenters. The molecule has 0 aromatic carbocycles. The first kappa shape index (κ1) is 94.7. The Balaban J connectivity index is 3.80. The number of phosphoric ester groups is 1. The number of esters is 2. The Labute approximate surface area is 607 Å². The summed E-state index contributed by atoms with van der Waals surface area (Å²) in [6.07, 6.45) is 115. The van der Waals surface area contributed by atoms with Crippen LogP contribution in [0.1, 0.15) is 406 Å². The molecule has 0 aliphatic rings. The molecule has 3 N–H and O–H groups in total. The minimum absolute atomic E-state index is 0.0517. The Kier molecular flexibility index (Phi) is 79.8. The van der Waals surface area contributed by atoms with Gasteiger partial charge in [-0.1, -0.05) is 419 Å². The summed E-state index contributed by atoms with van der Waals surface area (Å²) in [7, 11) is -4.40.